The van der Waals surface area contributed by atoms with E-state index in [4.69, 9.17) is 10.5 Å². The minimum atomic E-state index is -0.259. The minimum absolute atomic E-state index is 0.259. The van der Waals surface area contributed by atoms with Gasteiger partial charge < -0.3 is 10.5 Å². The maximum absolute atomic E-state index is 5.54. The number of hydrogen-bond acceptors (Lipinski definition) is 2. The van der Waals surface area contributed by atoms with E-state index in [0.29, 0.717) is 6.61 Å². The van der Waals surface area contributed by atoms with Crippen molar-refractivity contribution in [1.29, 1.82) is 0 Å². The predicted molar refractivity (Wildman–Crippen MR) is 49.2 cm³/mol. The normalized spacial score (nSPS) is 12.8. The zero-order chi connectivity index (χ0) is 8.81. The van der Waals surface area contributed by atoms with Gasteiger partial charge in [-0.1, -0.05) is 37.3 Å². The Morgan fingerprint density at radius 3 is 2.67 bits per heavy atom. The van der Waals surface area contributed by atoms with Crippen LogP contribution in [0, 0.1) is 6.42 Å². The molecule has 0 heterocycles. The molecule has 0 fully saturated rings. The standard InChI is InChI=1S/C10H14NO/c1-2-10(11)12-8-9-6-4-3-5-7-9/h2-7,10H,8,11H2,1H3. The van der Waals surface area contributed by atoms with Gasteiger partial charge in [-0.3, -0.25) is 0 Å². The molecule has 2 heteroatoms. The highest BCUT2D eigenvalue weighted by Crippen LogP contribution is 2.01. The predicted octanol–water partition coefficient (Wildman–Crippen LogP) is 1.71. The van der Waals surface area contributed by atoms with E-state index < -0.39 is 0 Å². The molecule has 1 rings (SSSR count). The van der Waals surface area contributed by atoms with Gasteiger partial charge in [0.25, 0.3) is 0 Å². The summed E-state index contributed by atoms with van der Waals surface area (Å²) < 4.78 is 5.30. The molecule has 2 nitrogen and oxygen atoms in total. The van der Waals surface area contributed by atoms with Crippen molar-refractivity contribution in [2.75, 3.05) is 0 Å². The van der Waals surface area contributed by atoms with E-state index in [0.717, 1.165) is 5.56 Å². The molecule has 0 saturated heterocycles. The first-order chi connectivity index (χ1) is 5.83. The van der Waals surface area contributed by atoms with Crippen molar-refractivity contribution in [2.45, 2.75) is 19.8 Å². The van der Waals surface area contributed by atoms with E-state index >= 15 is 0 Å². The van der Waals surface area contributed by atoms with Gasteiger partial charge in [-0.05, 0) is 5.56 Å². The second-order valence-corrected chi connectivity index (χ2v) is 2.59. The van der Waals surface area contributed by atoms with Crippen LogP contribution in [0.25, 0.3) is 0 Å². The summed E-state index contributed by atoms with van der Waals surface area (Å²) in [4.78, 5) is 0. The maximum Gasteiger partial charge on any atom is 0.109 e. The highest BCUT2D eigenvalue weighted by molar-refractivity contribution is 5.13. The Morgan fingerprint density at radius 2 is 2.08 bits per heavy atom. The third-order valence-corrected chi connectivity index (χ3v) is 1.61. The smallest absolute Gasteiger partial charge is 0.109 e. The Morgan fingerprint density at radius 1 is 1.42 bits per heavy atom. The monoisotopic (exact) mass is 164 g/mol. The van der Waals surface area contributed by atoms with Crippen LogP contribution in [0.3, 0.4) is 0 Å². The van der Waals surface area contributed by atoms with Crippen LogP contribution >= 0.6 is 0 Å². The molecule has 65 valence electrons. The largest absolute Gasteiger partial charge is 0.359 e. The van der Waals surface area contributed by atoms with E-state index in [1.807, 2.05) is 43.7 Å². The summed E-state index contributed by atoms with van der Waals surface area (Å²) in [5, 5.41) is 0. The van der Waals surface area contributed by atoms with Crippen LogP contribution in [0.1, 0.15) is 12.5 Å². The molecule has 0 aliphatic heterocycles. The zero-order valence-corrected chi connectivity index (χ0v) is 7.23. The quantitative estimate of drug-likeness (QED) is 0.687. The Balaban J connectivity index is 2.33. The van der Waals surface area contributed by atoms with E-state index in [1.54, 1.807) is 0 Å². The van der Waals surface area contributed by atoms with Crippen molar-refractivity contribution < 1.29 is 4.74 Å². The van der Waals surface area contributed by atoms with Crippen LogP contribution in [-0.4, -0.2) is 6.23 Å². The van der Waals surface area contributed by atoms with Crippen molar-refractivity contribution in [2.24, 2.45) is 5.73 Å². The fourth-order valence-electron chi connectivity index (χ4n) is 0.863. The molecule has 0 bridgehead atoms. The number of nitrogens with two attached hydrogens (primary N) is 1. The second kappa shape index (κ2) is 4.91. The Hall–Kier alpha value is -0.860. The first-order valence-electron chi connectivity index (χ1n) is 4.03. The summed E-state index contributed by atoms with van der Waals surface area (Å²) in [6.45, 7) is 2.46. The summed E-state index contributed by atoms with van der Waals surface area (Å²) in [7, 11) is 0. The average Bonchev–Trinajstić information content (AvgIpc) is 2.16. The van der Waals surface area contributed by atoms with Crippen molar-refractivity contribution >= 4 is 0 Å². The Bertz CT molecular complexity index is 210. The lowest BCUT2D eigenvalue weighted by atomic mass is 10.2. The summed E-state index contributed by atoms with van der Waals surface area (Å²) >= 11 is 0. The molecular weight excluding hydrogens is 150 g/mol. The fourth-order valence-corrected chi connectivity index (χ4v) is 0.863. The number of rotatable bonds is 4. The molecule has 1 aromatic carbocycles. The lowest BCUT2D eigenvalue weighted by Crippen LogP contribution is -2.22. The van der Waals surface area contributed by atoms with E-state index in [2.05, 4.69) is 0 Å². The molecule has 0 amide bonds. The number of hydrogen-bond donors (Lipinski definition) is 1. The lowest BCUT2D eigenvalue weighted by molar-refractivity contribution is 0.0663. The van der Waals surface area contributed by atoms with Gasteiger partial charge >= 0.3 is 0 Å². The number of benzene rings is 1. The highest BCUT2D eigenvalue weighted by Gasteiger charge is 1.98. The Labute approximate surface area is 73.3 Å². The second-order valence-electron chi connectivity index (χ2n) is 2.59. The number of ether oxygens (including phenoxy) is 1. The molecule has 0 spiro atoms. The first kappa shape index (κ1) is 9.23. The van der Waals surface area contributed by atoms with Crippen LogP contribution < -0.4 is 5.73 Å². The van der Waals surface area contributed by atoms with E-state index in [-0.39, 0.29) is 6.23 Å². The SMILES string of the molecule is C[CH]C(N)OCc1ccccc1. The average molecular weight is 164 g/mol. The van der Waals surface area contributed by atoms with Gasteiger partial charge in [-0.15, -0.1) is 0 Å². The third-order valence-electron chi connectivity index (χ3n) is 1.61. The summed E-state index contributed by atoms with van der Waals surface area (Å²) in [5.41, 5.74) is 6.69. The van der Waals surface area contributed by atoms with Crippen molar-refractivity contribution in [3.8, 4) is 0 Å². The first-order valence-corrected chi connectivity index (χ1v) is 4.03. The molecule has 0 aromatic heterocycles. The van der Waals surface area contributed by atoms with Gasteiger partial charge in [0, 0.05) is 6.42 Å². The molecule has 0 saturated carbocycles. The lowest BCUT2D eigenvalue weighted by Gasteiger charge is -2.09. The van der Waals surface area contributed by atoms with Crippen LogP contribution in [-0.2, 0) is 11.3 Å². The van der Waals surface area contributed by atoms with Gasteiger partial charge in [0.1, 0.15) is 6.23 Å². The molecule has 0 aliphatic rings. The Kier molecular flexibility index (Phi) is 3.77. The summed E-state index contributed by atoms with van der Waals surface area (Å²) in [6, 6.07) is 9.99. The molecule has 0 aliphatic carbocycles. The van der Waals surface area contributed by atoms with Crippen molar-refractivity contribution in [3.63, 3.8) is 0 Å². The molecule has 1 aromatic rings. The van der Waals surface area contributed by atoms with Crippen molar-refractivity contribution in [1.82, 2.24) is 0 Å². The molecule has 2 N–H and O–H groups in total. The topological polar surface area (TPSA) is 35.2 Å². The van der Waals surface area contributed by atoms with Gasteiger partial charge in [0.2, 0.25) is 0 Å². The summed E-state index contributed by atoms with van der Waals surface area (Å²) in [6.07, 6.45) is 1.56. The molecule has 12 heavy (non-hydrogen) atoms. The van der Waals surface area contributed by atoms with Crippen LogP contribution in [0.4, 0.5) is 0 Å². The molecule has 1 radical (unpaired) electrons. The van der Waals surface area contributed by atoms with E-state index in [1.165, 1.54) is 0 Å². The van der Waals surface area contributed by atoms with Gasteiger partial charge in [0.15, 0.2) is 0 Å². The molecule has 1 atom stereocenters. The van der Waals surface area contributed by atoms with Crippen LogP contribution in [0.2, 0.25) is 0 Å². The van der Waals surface area contributed by atoms with Crippen LogP contribution in [0.15, 0.2) is 30.3 Å². The third kappa shape index (κ3) is 3.03. The van der Waals surface area contributed by atoms with Gasteiger partial charge in [-0.2, -0.15) is 0 Å². The van der Waals surface area contributed by atoms with E-state index in [9.17, 15) is 0 Å². The summed E-state index contributed by atoms with van der Waals surface area (Å²) in [5.74, 6) is 0. The molecule has 1 unspecified atom stereocenters. The van der Waals surface area contributed by atoms with Crippen LogP contribution in [0.5, 0.6) is 0 Å². The van der Waals surface area contributed by atoms with Gasteiger partial charge in [0.05, 0.1) is 6.61 Å². The zero-order valence-electron chi connectivity index (χ0n) is 7.23. The fraction of sp³-hybridized carbons (Fsp3) is 0.300. The highest BCUT2D eigenvalue weighted by atomic mass is 16.5. The minimum Gasteiger partial charge on any atom is -0.359 e. The molecular formula is C10H14NO. The maximum atomic E-state index is 5.54. The van der Waals surface area contributed by atoms with Crippen molar-refractivity contribution in [3.05, 3.63) is 42.3 Å². The van der Waals surface area contributed by atoms with Gasteiger partial charge in [-0.25, -0.2) is 0 Å².